The number of hydrogen-bond acceptors (Lipinski definition) is 0. The summed E-state index contributed by atoms with van der Waals surface area (Å²) in [5.41, 5.74) is 0. The largest absolute Gasteiger partial charge is 0.0928 e. The molecule has 1 unspecified atom stereocenters. The van der Waals surface area contributed by atoms with Gasteiger partial charge in [0.15, 0.2) is 0 Å². The molecule has 0 spiro atoms. The number of alkyl halides is 2. The maximum atomic E-state index is 3.83. The second-order valence-electron chi connectivity index (χ2n) is 4.04. The molecular formula is C12H24Br2. The molecule has 0 radical (unpaired) electrons. The molecule has 0 amide bonds. The molecule has 0 aliphatic heterocycles. The molecule has 0 nitrogen and oxygen atoms in total. The number of rotatable bonds is 9. The van der Waals surface area contributed by atoms with Crippen LogP contribution in [-0.2, 0) is 0 Å². The van der Waals surface area contributed by atoms with E-state index in [0.717, 1.165) is 16.1 Å². The summed E-state index contributed by atoms with van der Waals surface area (Å²) in [6, 6.07) is 0. The SMILES string of the molecule is CCCCC(CCCC)C(Br)CCBr. The second kappa shape index (κ2) is 10.5. The van der Waals surface area contributed by atoms with Gasteiger partial charge < -0.3 is 0 Å². The van der Waals surface area contributed by atoms with Crippen molar-refractivity contribution in [3.63, 3.8) is 0 Å². The zero-order valence-electron chi connectivity index (χ0n) is 9.57. The van der Waals surface area contributed by atoms with Crippen molar-refractivity contribution in [3.8, 4) is 0 Å². The van der Waals surface area contributed by atoms with Gasteiger partial charge in [-0.1, -0.05) is 71.4 Å². The van der Waals surface area contributed by atoms with Gasteiger partial charge in [0, 0.05) is 10.2 Å². The summed E-state index contributed by atoms with van der Waals surface area (Å²) < 4.78 is 0. The van der Waals surface area contributed by atoms with Gasteiger partial charge in [-0.15, -0.1) is 0 Å². The topological polar surface area (TPSA) is 0 Å². The molecule has 1 atom stereocenters. The number of unbranched alkanes of at least 4 members (excludes halogenated alkanes) is 2. The van der Waals surface area contributed by atoms with Crippen LogP contribution in [0.5, 0.6) is 0 Å². The maximum Gasteiger partial charge on any atom is 0.0182 e. The van der Waals surface area contributed by atoms with E-state index >= 15 is 0 Å². The van der Waals surface area contributed by atoms with Gasteiger partial charge in [0.05, 0.1) is 0 Å². The first-order valence-electron chi connectivity index (χ1n) is 5.96. The average Bonchev–Trinajstić information content (AvgIpc) is 2.18. The summed E-state index contributed by atoms with van der Waals surface area (Å²) in [4.78, 5) is 0.722. The molecule has 0 aliphatic rings. The van der Waals surface area contributed by atoms with Crippen LogP contribution < -0.4 is 0 Å². The maximum absolute atomic E-state index is 3.83. The van der Waals surface area contributed by atoms with Crippen molar-refractivity contribution < 1.29 is 0 Å². The Morgan fingerprint density at radius 3 is 1.79 bits per heavy atom. The van der Waals surface area contributed by atoms with Crippen LogP contribution in [0.2, 0.25) is 0 Å². The van der Waals surface area contributed by atoms with Gasteiger partial charge in [-0.2, -0.15) is 0 Å². The molecule has 86 valence electrons. The van der Waals surface area contributed by atoms with E-state index in [-0.39, 0.29) is 0 Å². The van der Waals surface area contributed by atoms with Crippen LogP contribution in [0.1, 0.15) is 58.8 Å². The van der Waals surface area contributed by atoms with Gasteiger partial charge in [-0.05, 0) is 25.2 Å². The molecule has 0 fully saturated rings. The fraction of sp³-hybridized carbons (Fsp3) is 1.00. The minimum Gasteiger partial charge on any atom is -0.0928 e. The van der Waals surface area contributed by atoms with Gasteiger partial charge in [0.2, 0.25) is 0 Å². The van der Waals surface area contributed by atoms with Gasteiger partial charge in [0.25, 0.3) is 0 Å². The van der Waals surface area contributed by atoms with E-state index in [2.05, 4.69) is 45.7 Å². The third kappa shape index (κ3) is 7.28. The van der Waals surface area contributed by atoms with Crippen molar-refractivity contribution in [1.82, 2.24) is 0 Å². The first-order chi connectivity index (χ1) is 6.76. The molecule has 0 heterocycles. The third-order valence-electron chi connectivity index (χ3n) is 2.75. The van der Waals surface area contributed by atoms with Crippen molar-refractivity contribution >= 4 is 31.9 Å². The fourth-order valence-electron chi connectivity index (χ4n) is 1.78. The van der Waals surface area contributed by atoms with E-state index in [9.17, 15) is 0 Å². The first kappa shape index (κ1) is 15.0. The highest BCUT2D eigenvalue weighted by atomic mass is 79.9. The van der Waals surface area contributed by atoms with Crippen LogP contribution in [0.25, 0.3) is 0 Å². The standard InChI is InChI=1S/C12H24Br2/c1-3-5-7-11(8-6-4-2)12(14)9-10-13/h11-12H,3-10H2,1-2H3. The van der Waals surface area contributed by atoms with Gasteiger partial charge in [-0.3, -0.25) is 0 Å². The highest BCUT2D eigenvalue weighted by Gasteiger charge is 2.16. The molecule has 0 aromatic carbocycles. The monoisotopic (exact) mass is 326 g/mol. The predicted molar refractivity (Wildman–Crippen MR) is 73.7 cm³/mol. The van der Waals surface area contributed by atoms with Gasteiger partial charge >= 0.3 is 0 Å². The van der Waals surface area contributed by atoms with E-state index in [1.165, 1.54) is 44.9 Å². The lowest BCUT2D eigenvalue weighted by Crippen LogP contribution is -2.15. The van der Waals surface area contributed by atoms with Crippen LogP contribution in [0.15, 0.2) is 0 Å². The Hall–Kier alpha value is 0.960. The lowest BCUT2D eigenvalue weighted by Gasteiger charge is -2.21. The minimum atomic E-state index is 0.722. The molecule has 0 bridgehead atoms. The highest BCUT2D eigenvalue weighted by Crippen LogP contribution is 2.27. The summed E-state index contributed by atoms with van der Waals surface area (Å²) in [5.74, 6) is 0.896. The van der Waals surface area contributed by atoms with Crippen LogP contribution >= 0.6 is 31.9 Å². The molecule has 0 rings (SSSR count). The van der Waals surface area contributed by atoms with Gasteiger partial charge in [-0.25, -0.2) is 0 Å². The second-order valence-corrected chi connectivity index (χ2v) is 6.01. The van der Waals surface area contributed by atoms with Crippen LogP contribution in [0.3, 0.4) is 0 Å². The van der Waals surface area contributed by atoms with E-state index in [4.69, 9.17) is 0 Å². The zero-order chi connectivity index (χ0) is 10.8. The van der Waals surface area contributed by atoms with Crippen LogP contribution in [0.4, 0.5) is 0 Å². The van der Waals surface area contributed by atoms with Crippen LogP contribution in [-0.4, -0.2) is 10.2 Å². The molecule has 2 heteroatoms. The number of hydrogen-bond donors (Lipinski definition) is 0. The van der Waals surface area contributed by atoms with Gasteiger partial charge in [0.1, 0.15) is 0 Å². The smallest absolute Gasteiger partial charge is 0.0182 e. The van der Waals surface area contributed by atoms with Crippen molar-refractivity contribution in [3.05, 3.63) is 0 Å². The summed E-state index contributed by atoms with van der Waals surface area (Å²) in [6.45, 7) is 4.56. The van der Waals surface area contributed by atoms with Crippen molar-refractivity contribution in [2.75, 3.05) is 5.33 Å². The molecule has 0 N–H and O–H groups in total. The summed E-state index contributed by atoms with van der Waals surface area (Å²) >= 11 is 7.36. The Morgan fingerprint density at radius 2 is 1.43 bits per heavy atom. The summed E-state index contributed by atoms with van der Waals surface area (Å²) in [7, 11) is 0. The van der Waals surface area contributed by atoms with Crippen LogP contribution in [0, 0.1) is 5.92 Å². The molecule has 0 saturated heterocycles. The van der Waals surface area contributed by atoms with Crippen molar-refractivity contribution in [2.24, 2.45) is 5.92 Å². The quantitative estimate of drug-likeness (QED) is 0.488. The molecule has 0 aromatic rings. The number of halogens is 2. The lowest BCUT2D eigenvalue weighted by atomic mass is 9.92. The molecule has 0 aromatic heterocycles. The summed E-state index contributed by atoms with van der Waals surface area (Å²) in [6.07, 6.45) is 9.50. The van der Waals surface area contributed by atoms with E-state index < -0.39 is 0 Å². The average molecular weight is 328 g/mol. The molecule has 0 saturated carbocycles. The Balaban J connectivity index is 3.81. The molecule has 14 heavy (non-hydrogen) atoms. The van der Waals surface area contributed by atoms with Crippen molar-refractivity contribution in [2.45, 2.75) is 63.6 Å². The first-order valence-corrected chi connectivity index (χ1v) is 7.99. The minimum absolute atomic E-state index is 0.722. The summed E-state index contributed by atoms with van der Waals surface area (Å²) in [5, 5.41) is 1.12. The molecule has 0 aliphatic carbocycles. The Morgan fingerprint density at radius 1 is 0.929 bits per heavy atom. The van der Waals surface area contributed by atoms with E-state index in [1.54, 1.807) is 0 Å². The Labute approximate surface area is 106 Å². The Bertz CT molecular complexity index is 107. The highest BCUT2D eigenvalue weighted by molar-refractivity contribution is 9.10. The van der Waals surface area contributed by atoms with Crippen molar-refractivity contribution in [1.29, 1.82) is 0 Å². The van der Waals surface area contributed by atoms with E-state index in [1.807, 2.05) is 0 Å². The predicted octanol–water partition coefficient (Wildman–Crippen LogP) is 5.53. The fourth-order valence-corrected chi connectivity index (χ4v) is 3.64. The zero-order valence-corrected chi connectivity index (χ0v) is 12.7. The normalized spacial score (nSPS) is 13.5. The van der Waals surface area contributed by atoms with E-state index in [0.29, 0.717) is 0 Å². The lowest BCUT2D eigenvalue weighted by molar-refractivity contribution is 0.406. The molecular weight excluding hydrogens is 304 g/mol. The third-order valence-corrected chi connectivity index (χ3v) is 4.42. The Kier molecular flexibility index (Phi) is 11.2.